The Morgan fingerprint density at radius 2 is 1.87 bits per heavy atom. The van der Waals surface area contributed by atoms with E-state index in [2.05, 4.69) is 16.8 Å². The molecule has 1 saturated heterocycles. The molecule has 0 aliphatic carbocycles. The molecule has 1 aromatic heterocycles. The summed E-state index contributed by atoms with van der Waals surface area (Å²) in [6.45, 7) is 3.84. The molecule has 0 atom stereocenters. The van der Waals surface area contributed by atoms with Gasteiger partial charge < -0.3 is 9.64 Å². The second-order valence-electron chi connectivity index (χ2n) is 8.03. The first kappa shape index (κ1) is 22.2. The lowest BCUT2D eigenvalue weighted by Gasteiger charge is -2.34. The highest BCUT2D eigenvalue weighted by atomic mass is 35.5. The van der Waals surface area contributed by atoms with Crippen molar-refractivity contribution in [2.75, 3.05) is 25.1 Å². The smallest absolute Gasteiger partial charge is 0.186 e. The highest BCUT2D eigenvalue weighted by Gasteiger charge is 2.28. The zero-order valence-corrected chi connectivity index (χ0v) is 19.8. The Bertz CT molecular complexity index is 1220. The van der Waals surface area contributed by atoms with E-state index in [4.69, 9.17) is 27.9 Å². The van der Waals surface area contributed by atoms with E-state index >= 15 is 0 Å². The van der Waals surface area contributed by atoms with Gasteiger partial charge in [0.25, 0.3) is 0 Å². The molecule has 31 heavy (non-hydrogen) atoms. The molecule has 0 N–H and O–H groups in total. The predicted molar refractivity (Wildman–Crippen MR) is 126 cm³/mol. The largest absolute Gasteiger partial charge is 0.495 e. The van der Waals surface area contributed by atoms with Crippen LogP contribution in [0.1, 0.15) is 25.3 Å². The number of fused-ring (bicyclic) bond motifs is 1. The average molecular weight is 479 g/mol. The molecule has 1 aliphatic heterocycles. The van der Waals surface area contributed by atoms with Crippen LogP contribution >= 0.6 is 23.2 Å². The molecule has 4 rings (SSSR count). The van der Waals surface area contributed by atoms with Crippen molar-refractivity contribution in [3.8, 4) is 5.75 Å². The summed E-state index contributed by atoms with van der Waals surface area (Å²) in [6.07, 6.45) is 3.50. The maximum absolute atomic E-state index is 13.5. The fraction of sp³-hybridized carbons (Fsp3) is 0.348. The van der Waals surface area contributed by atoms with Crippen LogP contribution in [0.4, 0.5) is 5.69 Å². The van der Waals surface area contributed by atoms with Crippen LogP contribution in [0, 0.1) is 5.92 Å². The van der Waals surface area contributed by atoms with Gasteiger partial charge in [0.05, 0.1) is 29.1 Å². The quantitative estimate of drug-likeness (QED) is 0.466. The van der Waals surface area contributed by atoms with E-state index in [0.717, 1.165) is 31.3 Å². The van der Waals surface area contributed by atoms with Crippen molar-refractivity contribution in [2.45, 2.75) is 30.4 Å². The molecule has 0 amide bonds. The molecule has 0 saturated carbocycles. The molecule has 0 radical (unpaired) electrons. The van der Waals surface area contributed by atoms with E-state index in [-0.39, 0.29) is 10.6 Å². The summed E-state index contributed by atoms with van der Waals surface area (Å²) in [4.78, 5) is 6.84. The van der Waals surface area contributed by atoms with Gasteiger partial charge in [-0.25, -0.2) is 8.42 Å². The zero-order chi connectivity index (χ0) is 22.2. The van der Waals surface area contributed by atoms with Crippen LogP contribution in [-0.4, -0.2) is 33.6 Å². The number of rotatable bonds is 5. The number of anilines is 1. The van der Waals surface area contributed by atoms with Crippen LogP contribution in [0.5, 0.6) is 5.75 Å². The molecule has 2 heterocycles. The molecule has 0 spiro atoms. The van der Waals surface area contributed by atoms with Gasteiger partial charge in [0, 0.05) is 29.7 Å². The molecule has 164 valence electrons. The van der Waals surface area contributed by atoms with Crippen LogP contribution in [0.25, 0.3) is 10.9 Å². The number of nitrogens with zero attached hydrogens (tertiary/aromatic N) is 2. The van der Waals surface area contributed by atoms with Crippen molar-refractivity contribution in [2.24, 2.45) is 5.92 Å². The third-order valence-electron chi connectivity index (χ3n) is 5.78. The molecule has 1 aliphatic rings. The Balaban J connectivity index is 1.81. The number of halogens is 2. The first-order valence-corrected chi connectivity index (χ1v) is 12.6. The summed E-state index contributed by atoms with van der Waals surface area (Å²) >= 11 is 12.4. The number of sulfone groups is 1. The minimum Gasteiger partial charge on any atom is -0.495 e. The third-order valence-corrected chi connectivity index (χ3v) is 7.99. The molecule has 2 aromatic carbocycles. The molecular weight excluding hydrogens is 455 g/mol. The second kappa shape index (κ2) is 8.85. The van der Waals surface area contributed by atoms with Crippen LogP contribution in [0.3, 0.4) is 0 Å². The lowest BCUT2D eigenvalue weighted by atomic mass is 9.98. The van der Waals surface area contributed by atoms with Crippen molar-refractivity contribution in [1.82, 2.24) is 4.98 Å². The number of benzene rings is 2. The van der Waals surface area contributed by atoms with Crippen molar-refractivity contribution in [3.63, 3.8) is 0 Å². The van der Waals surface area contributed by atoms with E-state index in [1.807, 2.05) is 6.07 Å². The maximum atomic E-state index is 13.5. The van der Waals surface area contributed by atoms with Gasteiger partial charge in [-0.3, -0.25) is 4.98 Å². The average Bonchev–Trinajstić information content (AvgIpc) is 2.73. The lowest BCUT2D eigenvalue weighted by molar-refractivity contribution is 0.415. The molecule has 5 nitrogen and oxygen atoms in total. The summed E-state index contributed by atoms with van der Waals surface area (Å²) < 4.78 is 32.2. The summed E-state index contributed by atoms with van der Waals surface area (Å²) in [7, 11) is -2.16. The SMILES string of the molecule is COc1ccc(CS(=O)(=O)c2cnc3cc(Cl)ccc3c2N2CCC(C)CC2)cc1Cl. The van der Waals surface area contributed by atoms with Crippen LogP contribution in [0.2, 0.25) is 10.0 Å². The number of methoxy groups -OCH3 is 1. The first-order chi connectivity index (χ1) is 14.8. The Morgan fingerprint density at radius 3 is 2.55 bits per heavy atom. The van der Waals surface area contributed by atoms with Gasteiger partial charge in [-0.2, -0.15) is 0 Å². The van der Waals surface area contributed by atoms with Crippen LogP contribution < -0.4 is 9.64 Å². The van der Waals surface area contributed by atoms with E-state index in [1.54, 1.807) is 30.3 Å². The Labute approximate surface area is 192 Å². The minimum atomic E-state index is -3.68. The van der Waals surface area contributed by atoms with Gasteiger partial charge >= 0.3 is 0 Å². The van der Waals surface area contributed by atoms with Gasteiger partial charge in [-0.15, -0.1) is 0 Å². The van der Waals surface area contributed by atoms with E-state index in [1.165, 1.54) is 13.3 Å². The Hall–Kier alpha value is -2.02. The fourth-order valence-corrected chi connectivity index (χ4v) is 5.98. The summed E-state index contributed by atoms with van der Waals surface area (Å²) in [5.41, 5.74) is 2.00. The van der Waals surface area contributed by atoms with Gasteiger partial charge in [0.15, 0.2) is 9.84 Å². The summed E-state index contributed by atoms with van der Waals surface area (Å²) in [6, 6.07) is 10.4. The highest BCUT2D eigenvalue weighted by molar-refractivity contribution is 7.90. The molecular formula is C23H24Cl2N2O3S. The van der Waals surface area contributed by atoms with Crippen molar-refractivity contribution in [3.05, 3.63) is 58.2 Å². The van der Waals surface area contributed by atoms with Gasteiger partial charge in [-0.1, -0.05) is 36.2 Å². The third kappa shape index (κ3) is 4.61. The fourth-order valence-electron chi connectivity index (χ4n) is 4.02. The number of ether oxygens (including phenoxy) is 1. The number of hydrogen-bond donors (Lipinski definition) is 0. The molecule has 1 fully saturated rings. The Morgan fingerprint density at radius 1 is 1.13 bits per heavy atom. The number of pyridine rings is 1. The monoisotopic (exact) mass is 478 g/mol. The highest BCUT2D eigenvalue weighted by Crippen LogP contribution is 2.37. The number of aromatic nitrogens is 1. The zero-order valence-electron chi connectivity index (χ0n) is 17.4. The summed E-state index contributed by atoms with van der Waals surface area (Å²) in [5.74, 6) is 0.963. The van der Waals surface area contributed by atoms with E-state index < -0.39 is 9.84 Å². The van der Waals surface area contributed by atoms with Crippen molar-refractivity contribution in [1.29, 1.82) is 0 Å². The first-order valence-electron chi connectivity index (χ1n) is 10.2. The number of piperidine rings is 1. The van der Waals surface area contributed by atoms with E-state index in [9.17, 15) is 8.42 Å². The van der Waals surface area contributed by atoms with Crippen molar-refractivity contribution >= 4 is 49.6 Å². The van der Waals surface area contributed by atoms with Gasteiger partial charge in [0.1, 0.15) is 10.6 Å². The Kier molecular flexibility index (Phi) is 6.33. The topological polar surface area (TPSA) is 59.5 Å². The molecule has 3 aromatic rings. The molecule has 0 unspecified atom stereocenters. The van der Waals surface area contributed by atoms with Gasteiger partial charge in [0.2, 0.25) is 0 Å². The molecule has 0 bridgehead atoms. The minimum absolute atomic E-state index is 0.172. The number of hydrogen-bond acceptors (Lipinski definition) is 5. The standard InChI is InChI=1S/C23H24Cl2N2O3S/c1-15-7-9-27(10-8-15)23-18-5-4-17(24)12-20(18)26-13-22(23)31(28,29)14-16-3-6-21(30-2)19(25)11-16/h3-6,11-13,15H,7-10,14H2,1-2H3. The predicted octanol–water partition coefficient (Wildman–Crippen LogP) is 5.76. The molecule has 8 heteroatoms. The van der Waals surface area contributed by atoms with Gasteiger partial charge in [-0.05, 0) is 54.7 Å². The van der Waals surface area contributed by atoms with Crippen LogP contribution in [-0.2, 0) is 15.6 Å². The summed E-state index contributed by atoms with van der Waals surface area (Å²) in [5, 5.41) is 1.75. The normalized spacial score (nSPS) is 15.4. The van der Waals surface area contributed by atoms with E-state index in [0.29, 0.717) is 38.5 Å². The van der Waals surface area contributed by atoms with Crippen molar-refractivity contribution < 1.29 is 13.2 Å². The second-order valence-corrected chi connectivity index (χ2v) is 10.8. The lowest BCUT2D eigenvalue weighted by Crippen LogP contribution is -2.34. The maximum Gasteiger partial charge on any atom is 0.186 e. The van der Waals surface area contributed by atoms with Crippen LogP contribution in [0.15, 0.2) is 47.5 Å².